The van der Waals surface area contributed by atoms with Crippen molar-refractivity contribution in [1.29, 1.82) is 0 Å². The second-order valence-corrected chi connectivity index (χ2v) is 5.88. The van der Waals surface area contributed by atoms with Crippen molar-refractivity contribution in [1.82, 2.24) is 9.47 Å². The molecule has 1 aliphatic rings. The lowest BCUT2D eigenvalue weighted by molar-refractivity contribution is 0.221. The van der Waals surface area contributed by atoms with E-state index in [1.807, 2.05) is 6.07 Å². The topological polar surface area (TPSA) is 8.17 Å². The van der Waals surface area contributed by atoms with Gasteiger partial charge in [0.1, 0.15) is 0 Å². The van der Waals surface area contributed by atoms with Crippen molar-refractivity contribution in [2.24, 2.45) is 0 Å². The first-order valence-corrected chi connectivity index (χ1v) is 7.65. The normalized spacial score (nSPS) is 17.2. The van der Waals surface area contributed by atoms with Crippen molar-refractivity contribution >= 4 is 22.5 Å². The Morgan fingerprint density at radius 3 is 2.68 bits per heavy atom. The molecule has 0 atom stereocenters. The minimum atomic E-state index is 0.834. The highest BCUT2D eigenvalue weighted by Gasteiger charge is 2.14. The van der Waals surface area contributed by atoms with Crippen LogP contribution in [0.3, 0.4) is 0 Å². The van der Waals surface area contributed by atoms with Crippen LogP contribution in [0.4, 0.5) is 0 Å². The Bertz CT molecular complexity index is 567. The van der Waals surface area contributed by atoms with Gasteiger partial charge in [0, 0.05) is 35.2 Å². The fraction of sp³-hybridized carbons (Fsp3) is 0.500. The van der Waals surface area contributed by atoms with E-state index in [1.165, 1.54) is 48.8 Å². The molecule has 1 aromatic heterocycles. The number of benzene rings is 1. The highest BCUT2D eigenvalue weighted by Crippen LogP contribution is 2.26. The van der Waals surface area contributed by atoms with Crippen molar-refractivity contribution in [3.05, 3.63) is 35.0 Å². The summed E-state index contributed by atoms with van der Waals surface area (Å²) in [5.41, 5.74) is 2.72. The lowest BCUT2D eigenvalue weighted by atomic mass is 10.1. The first kappa shape index (κ1) is 13.0. The van der Waals surface area contributed by atoms with E-state index in [0.29, 0.717) is 0 Å². The zero-order valence-corrected chi connectivity index (χ0v) is 12.3. The maximum atomic E-state index is 6.16. The number of hydrogen-bond acceptors (Lipinski definition) is 1. The Kier molecular flexibility index (Phi) is 3.81. The van der Waals surface area contributed by atoms with Gasteiger partial charge in [0.05, 0.1) is 0 Å². The number of aromatic nitrogens is 1. The second-order valence-electron chi connectivity index (χ2n) is 5.44. The summed E-state index contributed by atoms with van der Waals surface area (Å²) in [7, 11) is 0. The van der Waals surface area contributed by atoms with Crippen LogP contribution in [0.25, 0.3) is 10.9 Å². The molecule has 0 spiro atoms. The Morgan fingerprint density at radius 2 is 1.95 bits per heavy atom. The first-order valence-electron chi connectivity index (χ1n) is 7.27. The van der Waals surface area contributed by atoms with E-state index in [1.54, 1.807) is 0 Å². The third-order valence-electron chi connectivity index (χ3n) is 4.11. The lowest BCUT2D eigenvalue weighted by Crippen LogP contribution is -2.28. The molecule has 0 radical (unpaired) electrons. The van der Waals surface area contributed by atoms with E-state index >= 15 is 0 Å². The Hall–Kier alpha value is -0.990. The molecule has 3 heteroatoms. The molecule has 0 N–H and O–H groups in total. The van der Waals surface area contributed by atoms with Gasteiger partial charge < -0.3 is 4.57 Å². The van der Waals surface area contributed by atoms with Gasteiger partial charge in [0.25, 0.3) is 0 Å². The van der Waals surface area contributed by atoms with Crippen molar-refractivity contribution in [2.45, 2.75) is 39.3 Å². The average Bonchev–Trinajstić information content (AvgIpc) is 2.77. The van der Waals surface area contributed by atoms with E-state index in [0.717, 1.165) is 18.1 Å². The fourth-order valence-corrected chi connectivity index (χ4v) is 3.26. The minimum Gasteiger partial charge on any atom is -0.347 e. The molecule has 2 heterocycles. The molecule has 2 aromatic rings. The van der Waals surface area contributed by atoms with Gasteiger partial charge >= 0.3 is 0 Å². The molecule has 1 fully saturated rings. The molecule has 1 saturated heterocycles. The van der Waals surface area contributed by atoms with Crippen LogP contribution in [0.2, 0.25) is 5.02 Å². The number of fused-ring (bicyclic) bond motifs is 1. The van der Waals surface area contributed by atoms with Gasteiger partial charge in [-0.05, 0) is 56.6 Å². The molecule has 0 bridgehead atoms. The Labute approximate surface area is 120 Å². The standard InChI is InChI=1S/C16H21ClN2/c1-2-19-12-13(11-18-8-4-3-5-9-18)15-10-14(17)6-7-16(15)19/h6-7,10,12H,2-5,8-9,11H2,1H3. The van der Waals surface area contributed by atoms with Gasteiger partial charge in [0.2, 0.25) is 0 Å². The predicted molar refractivity (Wildman–Crippen MR) is 81.8 cm³/mol. The van der Waals surface area contributed by atoms with Crippen molar-refractivity contribution < 1.29 is 0 Å². The second kappa shape index (κ2) is 5.56. The van der Waals surface area contributed by atoms with Crippen LogP contribution in [-0.4, -0.2) is 22.6 Å². The third-order valence-corrected chi connectivity index (χ3v) is 4.34. The van der Waals surface area contributed by atoms with Gasteiger partial charge in [-0.3, -0.25) is 4.90 Å². The summed E-state index contributed by atoms with van der Waals surface area (Å²) >= 11 is 6.16. The fourth-order valence-electron chi connectivity index (χ4n) is 3.09. The van der Waals surface area contributed by atoms with E-state index in [-0.39, 0.29) is 0 Å². The van der Waals surface area contributed by atoms with Crippen LogP contribution in [0, 0.1) is 0 Å². The number of likely N-dealkylation sites (tertiary alicyclic amines) is 1. The highest BCUT2D eigenvalue weighted by molar-refractivity contribution is 6.31. The largest absolute Gasteiger partial charge is 0.347 e. The summed E-state index contributed by atoms with van der Waals surface area (Å²) < 4.78 is 2.32. The number of piperidine rings is 1. The van der Waals surface area contributed by atoms with Gasteiger partial charge in [-0.25, -0.2) is 0 Å². The molecule has 102 valence electrons. The van der Waals surface area contributed by atoms with E-state index in [2.05, 4.69) is 34.7 Å². The smallest absolute Gasteiger partial charge is 0.0484 e. The molecule has 0 amide bonds. The van der Waals surface area contributed by atoms with Gasteiger partial charge in [-0.1, -0.05) is 18.0 Å². The molecule has 1 aliphatic heterocycles. The summed E-state index contributed by atoms with van der Waals surface area (Å²) in [5.74, 6) is 0. The number of halogens is 1. The molecule has 0 unspecified atom stereocenters. The van der Waals surface area contributed by atoms with Crippen LogP contribution in [0.1, 0.15) is 31.7 Å². The lowest BCUT2D eigenvalue weighted by Gasteiger charge is -2.26. The summed E-state index contributed by atoms with van der Waals surface area (Å²) in [4.78, 5) is 2.57. The van der Waals surface area contributed by atoms with Crippen LogP contribution < -0.4 is 0 Å². The van der Waals surface area contributed by atoms with Crippen molar-refractivity contribution in [3.8, 4) is 0 Å². The molecule has 0 aliphatic carbocycles. The maximum Gasteiger partial charge on any atom is 0.0484 e. The molecular formula is C16H21ClN2. The van der Waals surface area contributed by atoms with Gasteiger partial charge in [-0.15, -0.1) is 0 Å². The van der Waals surface area contributed by atoms with Crippen LogP contribution in [0.5, 0.6) is 0 Å². The number of rotatable bonds is 3. The van der Waals surface area contributed by atoms with Crippen LogP contribution >= 0.6 is 11.6 Å². The zero-order valence-electron chi connectivity index (χ0n) is 11.5. The quantitative estimate of drug-likeness (QED) is 0.811. The van der Waals surface area contributed by atoms with E-state index < -0.39 is 0 Å². The summed E-state index contributed by atoms with van der Waals surface area (Å²) in [6.45, 7) is 6.74. The molecule has 3 rings (SSSR count). The van der Waals surface area contributed by atoms with Crippen LogP contribution in [-0.2, 0) is 13.1 Å². The summed E-state index contributed by atoms with van der Waals surface area (Å²) in [6, 6.07) is 6.24. The molecule has 1 aromatic carbocycles. The molecular weight excluding hydrogens is 256 g/mol. The van der Waals surface area contributed by atoms with Crippen molar-refractivity contribution in [3.63, 3.8) is 0 Å². The molecule has 2 nitrogen and oxygen atoms in total. The minimum absolute atomic E-state index is 0.834. The number of hydrogen-bond donors (Lipinski definition) is 0. The monoisotopic (exact) mass is 276 g/mol. The predicted octanol–water partition coefficient (Wildman–Crippen LogP) is 4.30. The number of nitrogens with zero attached hydrogens (tertiary/aromatic N) is 2. The maximum absolute atomic E-state index is 6.16. The average molecular weight is 277 g/mol. The number of aryl methyl sites for hydroxylation is 1. The SMILES string of the molecule is CCn1cc(CN2CCCCC2)c2cc(Cl)ccc21. The van der Waals surface area contributed by atoms with Gasteiger partial charge in [0.15, 0.2) is 0 Å². The Balaban J connectivity index is 1.95. The summed E-state index contributed by atoms with van der Waals surface area (Å²) in [5, 5.41) is 2.15. The first-order chi connectivity index (χ1) is 9.28. The highest BCUT2D eigenvalue weighted by atomic mass is 35.5. The summed E-state index contributed by atoms with van der Waals surface area (Å²) in [6.07, 6.45) is 6.37. The van der Waals surface area contributed by atoms with Crippen molar-refractivity contribution in [2.75, 3.05) is 13.1 Å². The Morgan fingerprint density at radius 1 is 1.16 bits per heavy atom. The van der Waals surface area contributed by atoms with Gasteiger partial charge in [-0.2, -0.15) is 0 Å². The zero-order chi connectivity index (χ0) is 13.2. The third kappa shape index (κ3) is 2.65. The molecule has 19 heavy (non-hydrogen) atoms. The van der Waals surface area contributed by atoms with E-state index in [4.69, 9.17) is 11.6 Å². The molecule has 0 saturated carbocycles. The van der Waals surface area contributed by atoms with E-state index in [9.17, 15) is 0 Å². The van der Waals surface area contributed by atoms with Crippen LogP contribution in [0.15, 0.2) is 24.4 Å².